The molecule has 1 rings (SSSR count). The second kappa shape index (κ2) is 5.21. The molecule has 0 aromatic heterocycles. The highest BCUT2D eigenvalue weighted by molar-refractivity contribution is 6.15. The normalized spacial score (nSPS) is 9.44. The largest absolute Gasteiger partial charge is 0.493 e. The fourth-order valence-corrected chi connectivity index (χ4v) is 1.26. The number of esters is 1. The Morgan fingerprint density at radius 3 is 2.25 bits per heavy atom. The Labute approximate surface area is 94.4 Å². The average Bonchev–Trinajstić information content (AvgIpc) is 2.35. The number of methoxy groups -OCH3 is 3. The summed E-state index contributed by atoms with van der Waals surface area (Å²) in [7, 11) is 4.39. The van der Waals surface area contributed by atoms with Gasteiger partial charge in [0, 0.05) is 0 Å². The Morgan fingerprint density at radius 2 is 1.75 bits per heavy atom. The molecule has 0 aliphatic heterocycles. The van der Waals surface area contributed by atoms with Crippen molar-refractivity contribution in [2.75, 3.05) is 21.3 Å². The molecular formula is C12H14O4. The van der Waals surface area contributed by atoms with Gasteiger partial charge in [-0.1, -0.05) is 12.6 Å². The van der Waals surface area contributed by atoms with Gasteiger partial charge >= 0.3 is 5.97 Å². The number of carbonyl (C=O) groups excluding carboxylic acids is 1. The predicted octanol–water partition coefficient (Wildman–Crippen LogP) is 1.89. The van der Waals surface area contributed by atoms with Crippen LogP contribution in [0.25, 0.3) is 5.57 Å². The van der Waals surface area contributed by atoms with E-state index in [9.17, 15) is 4.79 Å². The molecule has 0 N–H and O–H groups in total. The summed E-state index contributed by atoms with van der Waals surface area (Å²) in [6.45, 7) is 3.66. The first-order valence-corrected chi connectivity index (χ1v) is 4.63. The lowest BCUT2D eigenvalue weighted by atomic mass is 10.1. The van der Waals surface area contributed by atoms with Gasteiger partial charge in [0.1, 0.15) is 0 Å². The van der Waals surface area contributed by atoms with Gasteiger partial charge in [0.05, 0.1) is 26.9 Å². The second-order valence-electron chi connectivity index (χ2n) is 3.04. The van der Waals surface area contributed by atoms with Crippen LogP contribution in [0.2, 0.25) is 0 Å². The van der Waals surface area contributed by atoms with Crippen molar-refractivity contribution in [3.05, 3.63) is 30.3 Å². The van der Waals surface area contributed by atoms with E-state index < -0.39 is 5.97 Å². The van der Waals surface area contributed by atoms with Gasteiger partial charge in [-0.2, -0.15) is 0 Å². The molecule has 0 aliphatic rings. The van der Waals surface area contributed by atoms with Gasteiger partial charge < -0.3 is 14.2 Å². The third-order valence-electron chi connectivity index (χ3n) is 2.16. The first-order chi connectivity index (χ1) is 7.63. The van der Waals surface area contributed by atoms with E-state index in [1.807, 2.05) is 0 Å². The molecular weight excluding hydrogens is 208 g/mol. The van der Waals surface area contributed by atoms with Crippen LogP contribution in [0.1, 0.15) is 5.56 Å². The number of benzene rings is 1. The van der Waals surface area contributed by atoms with Crippen LogP contribution in [-0.4, -0.2) is 27.3 Å². The highest BCUT2D eigenvalue weighted by Gasteiger charge is 2.12. The highest BCUT2D eigenvalue weighted by atomic mass is 16.5. The van der Waals surface area contributed by atoms with E-state index in [-0.39, 0.29) is 5.57 Å². The quantitative estimate of drug-likeness (QED) is 0.576. The maximum atomic E-state index is 11.3. The molecule has 4 heteroatoms. The van der Waals surface area contributed by atoms with Crippen molar-refractivity contribution in [3.63, 3.8) is 0 Å². The monoisotopic (exact) mass is 222 g/mol. The Morgan fingerprint density at radius 1 is 1.12 bits per heavy atom. The molecule has 0 atom stereocenters. The summed E-state index contributed by atoms with van der Waals surface area (Å²) in [4.78, 5) is 11.3. The van der Waals surface area contributed by atoms with Gasteiger partial charge in [0.25, 0.3) is 0 Å². The van der Waals surface area contributed by atoms with Gasteiger partial charge in [0.2, 0.25) is 0 Å². The number of rotatable bonds is 4. The maximum absolute atomic E-state index is 11.3. The molecule has 4 nitrogen and oxygen atoms in total. The Balaban J connectivity index is 3.08. The first-order valence-electron chi connectivity index (χ1n) is 4.63. The molecule has 0 heterocycles. The van der Waals surface area contributed by atoms with Crippen LogP contribution in [0.4, 0.5) is 0 Å². The third kappa shape index (κ3) is 2.34. The van der Waals surface area contributed by atoms with Crippen molar-refractivity contribution < 1.29 is 19.0 Å². The lowest BCUT2D eigenvalue weighted by molar-refractivity contribution is -0.133. The van der Waals surface area contributed by atoms with Crippen LogP contribution in [-0.2, 0) is 9.53 Å². The summed E-state index contributed by atoms with van der Waals surface area (Å²) in [5.74, 6) is 0.682. The SMILES string of the molecule is C=C(C(=O)OC)c1ccc(OC)c(OC)c1. The fraction of sp³-hybridized carbons (Fsp3) is 0.250. The molecule has 86 valence electrons. The summed E-state index contributed by atoms with van der Waals surface area (Å²) in [5.41, 5.74) is 0.924. The molecule has 0 radical (unpaired) electrons. The minimum absolute atomic E-state index is 0.281. The Kier molecular flexibility index (Phi) is 3.94. The predicted molar refractivity (Wildman–Crippen MR) is 60.6 cm³/mol. The highest BCUT2D eigenvalue weighted by Crippen LogP contribution is 2.30. The molecule has 16 heavy (non-hydrogen) atoms. The van der Waals surface area contributed by atoms with E-state index >= 15 is 0 Å². The fourth-order valence-electron chi connectivity index (χ4n) is 1.26. The first kappa shape index (κ1) is 12.1. The molecule has 0 amide bonds. The van der Waals surface area contributed by atoms with Crippen LogP contribution in [0.15, 0.2) is 24.8 Å². The van der Waals surface area contributed by atoms with Crippen molar-refractivity contribution >= 4 is 11.5 Å². The smallest absolute Gasteiger partial charge is 0.337 e. The van der Waals surface area contributed by atoms with Crippen LogP contribution in [0.3, 0.4) is 0 Å². The van der Waals surface area contributed by atoms with Crippen LogP contribution >= 0.6 is 0 Å². The van der Waals surface area contributed by atoms with Crippen LogP contribution in [0, 0.1) is 0 Å². The number of carbonyl (C=O) groups is 1. The van der Waals surface area contributed by atoms with Crippen molar-refractivity contribution in [2.45, 2.75) is 0 Å². The summed E-state index contributed by atoms with van der Waals surface area (Å²) >= 11 is 0. The van der Waals surface area contributed by atoms with E-state index in [1.165, 1.54) is 14.2 Å². The topological polar surface area (TPSA) is 44.8 Å². The van der Waals surface area contributed by atoms with Gasteiger partial charge in [-0.25, -0.2) is 4.79 Å². The molecule has 0 aliphatic carbocycles. The summed E-state index contributed by atoms with van der Waals surface area (Å²) in [6, 6.07) is 5.11. The summed E-state index contributed by atoms with van der Waals surface area (Å²) in [6.07, 6.45) is 0. The van der Waals surface area contributed by atoms with Crippen LogP contribution < -0.4 is 9.47 Å². The second-order valence-corrected chi connectivity index (χ2v) is 3.04. The van der Waals surface area contributed by atoms with E-state index in [1.54, 1.807) is 25.3 Å². The molecule has 0 fully saturated rings. The molecule has 0 unspecified atom stereocenters. The van der Waals surface area contributed by atoms with Gasteiger partial charge in [-0.05, 0) is 17.7 Å². The van der Waals surface area contributed by atoms with Gasteiger partial charge in [-0.15, -0.1) is 0 Å². The zero-order valence-electron chi connectivity index (χ0n) is 9.57. The standard InChI is InChI=1S/C12H14O4/c1-8(12(13)16-4)9-5-6-10(14-2)11(7-9)15-3/h5-7H,1H2,2-4H3. The molecule has 0 bridgehead atoms. The lowest BCUT2D eigenvalue weighted by Crippen LogP contribution is -2.03. The Hall–Kier alpha value is -1.97. The van der Waals surface area contributed by atoms with Crippen molar-refractivity contribution in [2.24, 2.45) is 0 Å². The maximum Gasteiger partial charge on any atom is 0.337 e. The van der Waals surface area contributed by atoms with Crippen LogP contribution in [0.5, 0.6) is 11.5 Å². The molecule has 0 saturated heterocycles. The van der Waals surface area contributed by atoms with Gasteiger partial charge in [-0.3, -0.25) is 0 Å². The average molecular weight is 222 g/mol. The third-order valence-corrected chi connectivity index (χ3v) is 2.16. The number of hydrogen-bond donors (Lipinski definition) is 0. The molecule has 1 aromatic rings. The number of hydrogen-bond acceptors (Lipinski definition) is 4. The van der Waals surface area contributed by atoms with Crippen molar-refractivity contribution in [3.8, 4) is 11.5 Å². The molecule has 1 aromatic carbocycles. The molecule has 0 spiro atoms. The zero-order chi connectivity index (χ0) is 12.1. The zero-order valence-corrected chi connectivity index (χ0v) is 9.57. The van der Waals surface area contributed by atoms with E-state index in [2.05, 4.69) is 11.3 Å². The van der Waals surface area contributed by atoms with Gasteiger partial charge in [0.15, 0.2) is 11.5 Å². The van der Waals surface area contributed by atoms with E-state index in [0.29, 0.717) is 17.1 Å². The summed E-state index contributed by atoms with van der Waals surface area (Å²) < 4.78 is 14.8. The van der Waals surface area contributed by atoms with E-state index in [4.69, 9.17) is 9.47 Å². The molecule has 0 saturated carbocycles. The minimum atomic E-state index is -0.466. The Bertz CT molecular complexity index is 409. The lowest BCUT2D eigenvalue weighted by Gasteiger charge is -2.10. The minimum Gasteiger partial charge on any atom is -0.493 e. The van der Waals surface area contributed by atoms with E-state index in [0.717, 1.165) is 0 Å². The van der Waals surface area contributed by atoms with Crippen molar-refractivity contribution in [1.29, 1.82) is 0 Å². The number of ether oxygens (including phenoxy) is 3. The van der Waals surface area contributed by atoms with Crippen molar-refractivity contribution in [1.82, 2.24) is 0 Å². The summed E-state index contributed by atoms with van der Waals surface area (Å²) in [5, 5.41) is 0.